The van der Waals surface area contributed by atoms with Crippen molar-refractivity contribution in [2.24, 2.45) is 0 Å². The van der Waals surface area contributed by atoms with Gasteiger partial charge in [0.1, 0.15) is 0 Å². The molecule has 4 heteroatoms. The number of pyridine rings is 1. The number of nitrogens with one attached hydrogen (secondary N) is 1. The summed E-state index contributed by atoms with van der Waals surface area (Å²) >= 11 is 1.77. The first-order valence-electron chi connectivity index (χ1n) is 6.10. The summed E-state index contributed by atoms with van der Waals surface area (Å²) in [5, 5.41) is 5.58. The molecule has 0 bridgehead atoms. The molecule has 0 aliphatic carbocycles. The van der Waals surface area contributed by atoms with Crippen LogP contribution in [0.1, 0.15) is 30.3 Å². The fraction of sp³-hybridized carbons (Fsp3) is 0.357. The molecule has 96 valence electrons. The Labute approximate surface area is 112 Å². The number of aryl methyl sites for hydroxylation is 1. The van der Waals surface area contributed by atoms with Crippen molar-refractivity contribution in [1.29, 1.82) is 0 Å². The van der Waals surface area contributed by atoms with E-state index in [2.05, 4.69) is 35.6 Å². The third kappa shape index (κ3) is 2.82. The Bertz CT molecular complexity index is 510. The van der Waals surface area contributed by atoms with Crippen LogP contribution in [0, 0.1) is 6.92 Å². The van der Waals surface area contributed by atoms with E-state index in [1.807, 2.05) is 19.1 Å². The lowest BCUT2D eigenvalue weighted by Gasteiger charge is -2.17. The van der Waals surface area contributed by atoms with Crippen LogP contribution < -0.4 is 10.1 Å². The lowest BCUT2D eigenvalue weighted by Crippen LogP contribution is -2.08. The van der Waals surface area contributed by atoms with Crippen LogP contribution in [0.15, 0.2) is 29.8 Å². The molecule has 18 heavy (non-hydrogen) atoms. The molecule has 0 aromatic carbocycles. The van der Waals surface area contributed by atoms with Crippen molar-refractivity contribution in [1.82, 2.24) is 4.98 Å². The minimum absolute atomic E-state index is 0.258. The molecule has 2 aromatic rings. The maximum Gasteiger partial charge on any atom is 0.237 e. The monoisotopic (exact) mass is 262 g/mol. The molecule has 0 amide bonds. The summed E-state index contributed by atoms with van der Waals surface area (Å²) in [5.74, 6) is 0.668. The summed E-state index contributed by atoms with van der Waals surface area (Å²) in [4.78, 5) is 5.59. The van der Waals surface area contributed by atoms with Gasteiger partial charge in [-0.05, 0) is 49.9 Å². The first-order chi connectivity index (χ1) is 8.72. The van der Waals surface area contributed by atoms with Crippen molar-refractivity contribution in [2.75, 3.05) is 11.9 Å². The van der Waals surface area contributed by atoms with Crippen molar-refractivity contribution >= 4 is 17.0 Å². The molecule has 3 nitrogen and oxygen atoms in total. The number of anilines is 1. The standard InChI is InChI=1S/C14H18N2OS/c1-4-17-14-12(6-5-8-15-14)16-11(3)13-10(2)7-9-18-13/h5-9,11,16H,4H2,1-3H3. The topological polar surface area (TPSA) is 34.1 Å². The van der Waals surface area contributed by atoms with Gasteiger partial charge in [-0.25, -0.2) is 4.98 Å². The lowest BCUT2D eigenvalue weighted by atomic mass is 10.2. The van der Waals surface area contributed by atoms with Crippen LogP contribution in [0.5, 0.6) is 5.88 Å². The SMILES string of the molecule is CCOc1ncccc1NC(C)c1sccc1C. The molecule has 2 heterocycles. The van der Waals surface area contributed by atoms with Gasteiger partial charge in [0.25, 0.3) is 0 Å². The number of nitrogens with zero attached hydrogens (tertiary/aromatic N) is 1. The van der Waals surface area contributed by atoms with Crippen LogP contribution in [0.25, 0.3) is 0 Å². The van der Waals surface area contributed by atoms with E-state index < -0.39 is 0 Å². The van der Waals surface area contributed by atoms with E-state index in [0.717, 1.165) is 5.69 Å². The van der Waals surface area contributed by atoms with Gasteiger partial charge >= 0.3 is 0 Å². The van der Waals surface area contributed by atoms with Crippen LogP contribution in [0.3, 0.4) is 0 Å². The molecule has 2 rings (SSSR count). The van der Waals surface area contributed by atoms with Gasteiger partial charge in [-0.1, -0.05) is 0 Å². The number of hydrogen-bond donors (Lipinski definition) is 1. The van der Waals surface area contributed by atoms with Gasteiger partial charge in [0.15, 0.2) is 0 Å². The van der Waals surface area contributed by atoms with E-state index in [1.54, 1.807) is 17.5 Å². The molecular formula is C14H18N2OS. The first-order valence-corrected chi connectivity index (χ1v) is 6.98. The summed E-state index contributed by atoms with van der Waals surface area (Å²) in [6, 6.07) is 6.31. The van der Waals surface area contributed by atoms with Crippen LogP contribution in [-0.2, 0) is 0 Å². The maximum absolute atomic E-state index is 5.52. The van der Waals surface area contributed by atoms with Crippen LogP contribution in [0.2, 0.25) is 0 Å². The van der Waals surface area contributed by atoms with Crippen molar-refractivity contribution in [3.63, 3.8) is 0 Å². The average molecular weight is 262 g/mol. The second-order valence-corrected chi connectivity index (χ2v) is 5.07. The van der Waals surface area contributed by atoms with E-state index in [4.69, 9.17) is 4.74 Å². The molecule has 1 unspecified atom stereocenters. The molecule has 1 N–H and O–H groups in total. The lowest BCUT2D eigenvalue weighted by molar-refractivity contribution is 0.328. The normalized spacial score (nSPS) is 12.2. The molecule has 0 radical (unpaired) electrons. The van der Waals surface area contributed by atoms with E-state index >= 15 is 0 Å². The van der Waals surface area contributed by atoms with Crippen LogP contribution >= 0.6 is 11.3 Å². The van der Waals surface area contributed by atoms with E-state index in [1.165, 1.54) is 10.4 Å². The predicted molar refractivity (Wildman–Crippen MR) is 76.5 cm³/mol. The van der Waals surface area contributed by atoms with Gasteiger partial charge in [-0.2, -0.15) is 0 Å². The van der Waals surface area contributed by atoms with E-state index in [9.17, 15) is 0 Å². The van der Waals surface area contributed by atoms with Gasteiger partial charge < -0.3 is 10.1 Å². The average Bonchev–Trinajstić information content (AvgIpc) is 2.78. The summed E-state index contributed by atoms with van der Waals surface area (Å²) in [6.07, 6.45) is 1.75. The molecule has 0 fully saturated rings. The Kier molecular flexibility index (Phi) is 4.20. The smallest absolute Gasteiger partial charge is 0.237 e. The van der Waals surface area contributed by atoms with E-state index in [-0.39, 0.29) is 6.04 Å². The zero-order chi connectivity index (χ0) is 13.0. The molecule has 0 spiro atoms. The molecule has 1 atom stereocenters. The molecule has 0 saturated heterocycles. The number of rotatable bonds is 5. The largest absolute Gasteiger partial charge is 0.476 e. The molecule has 0 aliphatic rings. The molecule has 0 aliphatic heterocycles. The Morgan fingerprint density at radius 2 is 2.28 bits per heavy atom. The van der Waals surface area contributed by atoms with Crippen molar-refractivity contribution < 1.29 is 4.74 Å². The Morgan fingerprint density at radius 3 is 2.94 bits per heavy atom. The molecule has 0 saturated carbocycles. The zero-order valence-electron chi connectivity index (χ0n) is 10.9. The quantitative estimate of drug-likeness (QED) is 0.883. The van der Waals surface area contributed by atoms with Crippen molar-refractivity contribution in [3.05, 3.63) is 40.2 Å². The van der Waals surface area contributed by atoms with Crippen molar-refractivity contribution in [2.45, 2.75) is 26.8 Å². The van der Waals surface area contributed by atoms with Gasteiger partial charge in [0.05, 0.1) is 18.3 Å². The number of thiophene rings is 1. The van der Waals surface area contributed by atoms with Gasteiger partial charge in [0.2, 0.25) is 5.88 Å². The summed E-state index contributed by atoms with van der Waals surface area (Å²) in [6.45, 7) is 6.88. The number of aromatic nitrogens is 1. The summed E-state index contributed by atoms with van der Waals surface area (Å²) < 4.78 is 5.52. The summed E-state index contributed by atoms with van der Waals surface area (Å²) in [7, 11) is 0. The third-order valence-electron chi connectivity index (χ3n) is 2.72. The summed E-state index contributed by atoms with van der Waals surface area (Å²) in [5.41, 5.74) is 2.27. The van der Waals surface area contributed by atoms with Gasteiger partial charge in [0, 0.05) is 11.1 Å². The predicted octanol–water partition coefficient (Wildman–Crippen LogP) is 4.02. The van der Waals surface area contributed by atoms with Crippen LogP contribution in [-0.4, -0.2) is 11.6 Å². The minimum Gasteiger partial charge on any atom is -0.476 e. The zero-order valence-corrected chi connectivity index (χ0v) is 11.8. The number of ether oxygens (including phenoxy) is 1. The van der Waals surface area contributed by atoms with Crippen molar-refractivity contribution in [3.8, 4) is 5.88 Å². The highest BCUT2D eigenvalue weighted by Gasteiger charge is 2.12. The second kappa shape index (κ2) is 5.87. The van der Waals surface area contributed by atoms with E-state index in [0.29, 0.717) is 12.5 Å². The van der Waals surface area contributed by atoms with Gasteiger partial charge in [-0.15, -0.1) is 11.3 Å². The molecule has 2 aromatic heterocycles. The minimum atomic E-state index is 0.258. The highest BCUT2D eigenvalue weighted by molar-refractivity contribution is 7.10. The Balaban J connectivity index is 2.16. The maximum atomic E-state index is 5.52. The Hall–Kier alpha value is -1.55. The Morgan fingerprint density at radius 1 is 1.44 bits per heavy atom. The van der Waals surface area contributed by atoms with Crippen LogP contribution in [0.4, 0.5) is 5.69 Å². The highest BCUT2D eigenvalue weighted by atomic mass is 32.1. The van der Waals surface area contributed by atoms with Gasteiger partial charge in [-0.3, -0.25) is 0 Å². The second-order valence-electron chi connectivity index (χ2n) is 4.12. The third-order valence-corrected chi connectivity index (χ3v) is 3.92. The fourth-order valence-corrected chi connectivity index (χ4v) is 2.82. The highest BCUT2D eigenvalue weighted by Crippen LogP contribution is 2.29. The fourth-order valence-electron chi connectivity index (χ4n) is 1.88. The number of hydrogen-bond acceptors (Lipinski definition) is 4. The first kappa shape index (κ1) is 12.9. The molecular weight excluding hydrogens is 244 g/mol.